The SMILES string of the molecule is CN(C)c1cccc(SC2CC3C4NC5NC(NC6NC(NC7NC(NC(N4)C3C(C(=O)[O-])C2Sc2cccc(N(C)C)c2)C2CCCCC72)C2CCCCC62)C2CCCCC52)c1.CN(C)c1cccc(SC2CC3C4NC5NC(NC6NC(NC7NC(NC(N4)C3C(C(=O)[O-])C2Sc2cccc(N(C)C)c2)C2CCCCC72)C2CCCCC62)C2CCCCC52)c1.[Zn+2]. The first kappa shape index (κ1) is 91.2. The number of nitrogens with zero attached hydrogens (tertiary/aromatic N) is 4. The van der Waals surface area contributed by atoms with E-state index < -0.39 is 23.8 Å². The van der Waals surface area contributed by atoms with E-state index in [1.807, 2.05) is 23.5 Å². The van der Waals surface area contributed by atoms with Gasteiger partial charge in [0, 0.05) is 155 Å². The van der Waals surface area contributed by atoms with Gasteiger partial charge in [-0.3, -0.25) is 85.1 Å². The second-order valence-corrected chi connectivity index (χ2v) is 47.8. The third-order valence-electron chi connectivity index (χ3n) is 35.0. The number of carboxylic acid groups (broad SMARTS) is 2. The van der Waals surface area contributed by atoms with Crippen molar-refractivity contribution in [3.05, 3.63) is 97.1 Å². The van der Waals surface area contributed by atoms with Gasteiger partial charge in [0.1, 0.15) is 0 Å². The number of thioether (sulfide) groups is 4. The standard InChI is InChI=1S/2C49H74N10O2S2.Zn/c2*1-58(2)26-13-11-15-28(23-26)62-37-25-36-38(39(49(60)61)40(37)63-29-16-12-14-27(24-29)59(3)4)48-56-46-35-22-10-9-21-34(35)44(54-46)52-42-31-18-6-5-17-30(31)41(50-42)51-43-32-19-7-8-20-33(32)45(53-43)55-47(36)57-48;/h2*11-16,23-24,30-48,50-57H,5-10,17-22,25H2,1-4H3,(H,60,61);/q;;+2/p-2. The van der Waals surface area contributed by atoms with Gasteiger partial charge in [0.25, 0.3) is 0 Å². The number of fused-ring (bicyclic) bond motifs is 40. The number of benzene rings is 4. The summed E-state index contributed by atoms with van der Waals surface area (Å²) in [5, 5.41) is 95.6. The van der Waals surface area contributed by atoms with E-state index in [4.69, 9.17) is 0 Å². The van der Waals surface area contributed by atoms with Crippen LogP contribution in [0.4, 0.5) is 22.7 Å². The van der Waals surface area contributed by atoms with Crippen molar-refractivity contribution >= 4 is 81.7 Å². The number of anilines is 4. The van der Waals surface area contributed by atoms with E-state index in [-0.39, 0.29) is 163 Å². The van der Waals surface area contributed by atoms with Crippen molar-refractivity contribution in [3.8, 4) is 0 Å². The number of carbonyl (C=O) groups excluding carboxylic acids is 2. The van der Waals surface area contributed by atoms with E-state index in [0.29, 0.717) is 71.0 Å². The first-order valence-corrected chi connectivity index (χ1v) is 53.2. The Morgan fingerprint density at radius 3 is 0.614 bits per heavy atom. The minimum atomic E-state index is -0.923. The van der Waals surface area contributed by atoms with Crippen molar-refractivity contribution in [2.24, 2.45) is 107 Å². The van der Waals surface area contributed by atoms with Crippen molar-refractivity contribution in [2.45, 2.75) is 306 Å². The second-order valence-electron chi connectivity index (χ2n) is 42.7. The van der Waals surface area contributed by atoms with Gasteiger partial charge in [-0.15, -0.1) is 47.0 Å². The molecule has 10 saturated heterocycles. The Labute approximate surface area is 786 Å². The number of hydrogen-bond donors (Lipinski definition) is 16. The fourth-order valence-electron chi connectivity index (χ4n) is 29.2. The number of aliphatic carboxylic acids is 2. The Morgan fingerprint density at radius 2 is 0.433 bits per heavy atom. The average Bonchev–Trinajstić information content (AvgIpc) is 1.60. The smallest absolute Gasteiger partial charge is 0.550 e. The fraction of sp³-hybridized carbons (Fsp3) is 0.735. The summed E-state index contributed by atoms with van der Waals surface area (Å²) in [6.45, 7) is 0. The summed E-state index contributed by atoms with van der Waals surface area (Å²) in [6.07, 6.45) is 34.0. The Balaban J connectivity index is 0.000000159. The van der Waals surface area contributed by atoms with Crippen LogP contribution in [0.2, 0.25) is 0 Å². The van der Waals surface area contributed by atoms with Crippen molar-refractivity contribution in [2.75, 3.05) is 76.0 Å². The molecule has 22 rings (SSSR count). The van der Waals surface area contributed by atoms with Crippen LogP contribution >= 0.6 is 47.0 Å². The summed E-state index contributed by atoms with van der Waals surface area (Å²) >= 11 is 7.25. The van der Waals surface area contributed by atoms with E-state index in [0.717, 1.165) is 45.4 Å². The van der Waals surface area contributed by atoms with Gasteiger partial charge in [-0.2, -0.15) is 0 Å². The van der Waals surface area contributed by atoms with E-state index in [2.05, 4.69) is 258 Å². The molecule has 0 radical (unpaired) electrons. The molecule has 4 aromatic rings. The molecule has 10 heterocycles. The third kappa shape index (κ3) is 18.4. The predicted octanol–water partition coefficient (Wildman–Crippen LogP) is 8.51. The first-order valence-electron chi connectivity index (χ1n) is 49.7. The summed E-state index contributed by atoms with van der Waals surface area (Å²) in [4.78, 5) is 41.5. The van der Waals surface area contributed by atoms with Gasteiger partial charge in [-0.1, -0.05) is 101 Å². The molecule has 18 fully saturated rings. The summed E-state index contributed by atoms with van der Waals surface area (Å²) in [5.41, 5.74) is 4.55. The van der Waals surface area contributed by atoms with Gasteiger partial charge >= 0.3 is 19.5 Å². The molecule has 16 bridgehead atoms. The molecule has 0 amide bonds. The summed E-state index contributed by atoms with van der Waals surface area (Å²) in [6, 6.07) is 34.8. The van der Waals surface area contributed by atoms with Crippen molar-refractivity contribution in [1.29, 1.82) is 0 Å². The molecule has 688 valence electrons. The minimum absolute atomic E-state index is 0. The molecule has 38 unspecified atom stereocenters. The molecule has 0 spiro atoms. The Kier molecular flexibility index (Phi) is 28.2. The molecule has 10 aliphatic heterocycles. The Hall–Kier alpha value is -3.60. The second kappa shape index (κ2) is 39.2. The summed E-state index contributed by atoms with van der Waals surface area (Å²) < 4.78 is 0. The van der Waals surface area contributed by atoms with Crippen LogP contribution < -0.4 is 115 Å². The average molecular weight is 1860 g/mol. The Bertz CT molecular complexity index is 4170. The summed E-state index contributed by atoms with van der Waals surface area (Å²) in [7, 11) is 16.6. The van der Waals surface area contributed by atoms with Gasteiger partial charge in [-0.25, -0.2) is 0 Å². The molecule has 24 nitrogen and oxygen atoms in total. The van der Waals surface area contributed by atoms with Crippen molar-refractivity contribution < 1.29 is 39.3 Å². The number of rotatable bonds is 14. The van der Waals surface area contributed by atoms with Crippen molar-refractivity contribution in [1.82, 2.24) is 85.1 Å². The number of carbonyl (C=O) groups is 2. The zero-order valence-electron chi connectivity index (χ0n) is 76.3. The van der Waals surface area contributed by atoms with Crippen LogP contribution in [-0.2, 0) is 29.1 Å². The van der Waals surface area contributed by atoms with Crippen LogP contribution in [0.25, 0.3) is 0 Å². The fourth-order valence-corrected chi connectivity index (χ4v) is 35.2. The van der Waals surface area contributed by atoms with E-state index >= 15 is 0 Å². The molecule has 29 heteroatoms. The van der Waals surface area contributed by atoms with E-state index in [9.17, 15) is 19.8 Å². The van der Waals surface area contributed by atoms with Crippen LogP contribution in [0.1, 0.15) is 167 Å². The zero-order valence-corrected chi connectivity index (χ0v) is 82.6. The zero-order chi connectivity index (χ0) is 85.9. The molecular weight excluding hydrogens is 1710 g/mol. The first-order chi connectivity index (χ1) is 61.3. The van der Waals surface area contributed by atoms with E-state index in [1.54, 1.807) is 23.5 Å². The molecule has 16 N–H and O–H groups in total. The third-order valence-corrected chi connectivity index (χ3v) is 40.8. The van der Waals surface area contributed by atoms with Crippen molar-refractivity contribution in [3.63, 3.8) is 0 Å². The molecule has 38 atom stereocenters. The van der Waals surface area contributed by atoms with Gasteiger partial charge in [-0.05, 0) is 246 Å². The quantitative estimate of drug-likeness (QED) is 0.0527. The monoisotopic (exact) mass is 1860 g/mol. The molecule has 8 aliphatic carbocycles. The molecule has 0 aromatic heterocycles. The van der Waals surface area contributed by atoms with E-state index in [1.165, 1.54) is 164 Å². The molecule has 8 saturated carbocycles. The van der Waals surface area contributed by atoms with Crippen LogP contribution in [0.3, 0.4) is 0 Å². The van der Waals surface area contributed by atoms with Gasteiger partial charge in [0.05, 0.1) is 98.7 Å². The van der Waals surface area contributed by atoms with Gasteiger partial charge in [0.15, 0.2) is 0 Å². The molecule has 127 heavy (non-hydrogen) atoms. The largest absolute Gasteiger partial charge is 2.00 e. The topological polar surface area (TPSA) is 286 Å². The van der Waals surface area contributed by atoms with Gasteiger partial charge in [0.2, 0.25) is 0 Å². The molecule has 4 aromatic carbocycles. The normalized spacial score (nSPS) is 43.9. The van der Waals surface area contributed by atoms with Crippen LogP contribution in [-0.4, -0.2) is 188 Å². The van der Waals surface area contributed by atoms with Crippen LogP contribution in [0, 0.1) is 107 Å². The number of hydrogen-bond acceptors (Lipinski definition) is 28. The number of carboxylic acids is 2. The Morgan fingerprint density at radius 1 is 0.260 bits per heavy atom. The predicted molar refractivity (Wildman–Crippen MR) is 505 cm³/mol. The minimum Gasteiger partial charge on any atom is -0.550 e. The maximum Gasteiger partial charge on any atom is 2.00 e. The van der Waals surface area contributed by atoms with Crippen LogP contribution in [0.5, 0.6) is 0 Å². The summed E-state index contributed by atoms with van der Waals surface area (Å²) in [5.74, 6) is 3.28. The van der Waals surface area contributed by atoms with Gasteiger partial charge < -0.3 is 39.4 Å². The molecular formula is C98H146N20O4S4Zn. The number of nitrogens with one attached hydrogen (secondary N) is 16. The molecule has 18 aliphatic rings. The maximum absolute atomic E-state index is 14.2. The van der Waals surface area contributed by atoms with Crippen LogP contribution in [0.15, 0.2) is 117 Å². The maximum atomic E-state index is 14.2.